The number of aryl methyl sites for hydroxylation is 1. The van der Waals surface area contributed by atoms with Crippen molar-refractivity contribution >= 4 is 26.8 Å². The molecule has 1 N–H and O–H groups in total. The van der Waals surface area contributed by atoms with Gasteiger partial charge in [0.2, 0.25) is 0 Å². The zero-order chi connectivity index (χ0) is 14.8. The molecule has 0 spiro atoms. The lowest BCUT2D eigenvalue weighted by molar-refractivity contribution is 0.300. The second-order valence-electron chi connectivity index (χ2n) is 5.99. The third kappa shape index (κ3) is 1.70. The van der Waals surface area contributed by atoms with E-state index in [-0.39, 0.29) is 16.7 Å². The predicted octanol–water partition coefficient (Wildman–Crippen LogP) is 0.960. The first-order valence-electron chi connectivity index (χ1n) is 7.05. The number of halogens is 1. The summed E-state index contributed by atoms with van der Waals surface area (Å²) < 4.78 is 2.18. The molecule has 0 atom stereocenters. The highest BCUT2D eigenvalue weighted by molar-refractivity contribution is 9.10. The Morgan fingerprint density at radius 1 is 1.33 bits per heavy atom. The molecule has 2 aromatic heterocycles. The molecule has 2 aliphatic rings. The molecule has 2 fully saturated rings. The van der Waals surface area contributed by atoms with Crippen LogP contribution in [0.5, 0.6) is 0 Å². The number of hydrogen-bond acceptors (Lipinski definition) is 4. The molecule has 110 valence electrons. The standard InChI is InChI=1S/C14H15BrN4O2/c1-8-17-11-9(6-16-12(20)10(11)15)13(21)19(8)14-2-4-18(7-14)5-3-14/h6H,2-5,7H2,1H3,(H,16,20). The van der Waals surface area contributed by atoms with E-state index >= 15 is 0 Å². The molecule has 2 bridgehead atoms. The lowest BCUT2D eigenvalue weighted by Gasteiger charge is -2.29. The third-order valence-corrected chi connectivity index (χ3v) is 5.56. The van der Waals surface area contributed by atoms with E-state index in [0.29, 0.717) is 21.2 Å². The van der Waals surface area contributed by atoms with E-state index in [4.69, 9.17) is 0 Å². The van der Waals surface area contributed by atoms with Crippen molar-refractivity contribution in [3.05, 3.63) is 37.2 Å². The van der Waals surface area contributed by atoms with Gasteiger partial charge in [0.25, 0.3) is 11.1 Å². The van der Waals surface area contributed by atoms with E-state index in [0.717, 1.165) is 32.5 Å². The number of nitrogens with one attached hydrogen (secondary N) is 1. The minimum atomic E-state index is -0.266. The smallest absolute Gasteiger partial charge is 0.264 e. The predicted molar refractivity (Wildman–Crippen MR) is 82.7 cm³/mol. The van der Waals surface area contributed by atoms with E-state index in [1.54, 1.807) is 0 Å². The van der Waals surface area contributed by atoms with Crippen LogP contribution in [0.2, 0.25) is 0 Å². The van der Waals surface area contributed by atoms with Gasteiger partial charge in [-0.05, 0) is 35.7 Å². The molecule has 2 aliphatic heterocycles. The van der Waals surface area contributed by atoms with Gasteiger partial charge in [0.05, 0.1) is 16.4 Å². The van der Waals surface area contributed by atoms with E-state index in [1.165, 1.54) is 6.20 Å². The van der Waals surface area contributed by atoms with Gasteiger partial charge >= 0.3 is 0 Å². The fraction of sp³-hybridized carbons (Fsp3) is 0.500. The van der Waals surface area contributed by atoms with E-state index < -0.39 is 0 Å². The largest absolute Gasteiger partial charge is 0.327 e. The van der Waals surface area contributed by atoms with Crippen LogP contribution >= 0.6 is 15.9 Å². The van der Waals surface area contributed by atoms with Crippen LogP contribution in [-0.4, -0.2) is 39.1 Å². The number of aromatic nitrogens is 3. The molecule has 0 radical (unpaired) electrons. The van der Waals surface area contributed by atoms with Crippen molar-refractivity contribution in [1.29, 1.82) is 0 Å². The molecule has 0 saturated carbocycles. The van der Waals surface area contributed by atoms with Gasteiger partial charge in [-0.15, -0.1) is 0 Å². The quantitative estimate of drug-likeness (QED) is 0.831. The molecule has 0 aromatic carbocycles. The molecular weight excluding hydrogens is 336 g/mol. The Balaban J connectivity index is 2.06. The van der Waals surface area contributed by atoms with E-state index in [1.807, 2.05) is 11.5 Å². The normalized spacial score (nSPS) is 27.6. The highest BCUT2D eigenvalue weighted by atomic mass is 79.9. The van der Waals surface area contributed by atoms with Crippen LogP contribution in [0, 0.1) is 6.92 Å². The zero-order valence-electron chi connectivity index (χ0n) is 11.6. The Morgan fingerprint density at radius 2 is 2.05 bits per heavy atom. The molecule has 0 aliphatic carbocycles. The van der Waals surface area contributed by atoms with Gasteiger partial charge in [0.1, 0.15) is 10.3 Å². The first-order valence-corrected chi connectivity index (χ1v) is 7.84. The number of piperidine rings is 1. The minimum Gasteiger partial charge on any atom is -0.327 e. The van der Waals surface area contributed by atoms with Crippen LogP contribution in [0.3, 0.4) is 0 Å². The first kappa shape index (κ1) is 13.2. The molecule has 21 heavy (non-hydrogen) atoms. The number of fused-ring (bicyclic) bond motifs is 3. The molecular formula is C14H15BrN4O2. The van der Waals surface area contributed by atoms with Gasteiger partial charge in [-0.25, -0.2) is 4.98 Å². The lowest BCUT2D eigenvalue weighted by Crippen LogP contribution is -2.42. The maximum absolute atomic E-state index is 12.9. The Hall–Kier alpha value is -1.47. The topological polar surface area (TPSA) is 71.0 Å². The zero-order valence-corrected chi connectivity index (χ0v) is 13.2. The number of H-pyrrole nitrogens is 1. The van der Waals surface area contributed by atoms with Gasteiger partial charge in [0.15, 0.2) is 0 Å². The summed E-state index contributed by atoms with van der Waals surface area (Å²) in [7, 11) is 0. The van der Waals surface area contributed by atoms with E-state index in [9.17, 15) is 9.59 Å². The fourth-order valence-electron chi connectivity index (χ4n) is 3.80. The maximum Gasteiger partial charge on any atom is 0.264 e. The van der Waals surface area contributed by atoms with Gasteiger partial charge in [-0.3, -0.25) is 14.2 Å². The van der Waals surface area contributed by atoms with Crippen molar-refractivity contribution in [1.82, 2.24) is 19.4 Å². The molecule has 7 heteroatoms. The van der Waals surface area contributed by atoms with Crippen LogP contribution in [0.25, 0.3) is 10.9 Å². The second kappa shape index (κ2) is 4.27. The second-order valence-corrected chi connectivity index (χ2v) is 6.79. The third-order valence-electron chi connectivity index (χ3n) is 4.82. The summed E-state index contributed by atoms with van der Waals surface area (Å²) in [6.45, 7) is 4.86. The van der Waals surface area contributed by atoms with Crippen LogP contribution < -0.4 is 11.1 Å². The molecule has 0 amide bonds. The molecule has 2 saturated heterocycles. The summed E-state index contributed by atoms with van der Waals surface area (Å²) >= 11 is 3.23. The SMILES string of the molecule is Cc1nc2c(Br)c(=O)[nH]cc2c(=O)n1C12CCN(CC1)C2. The van der Waals surface area contributed by atoms with Crippen molar-refractivity contribution in [2.75, 3.05) is 19.6 Å². The summed E-state index contributed by atoms with van der Waals surface area (Å²) in [5, 5.41) is 0.465. The number of rotatable bonds is 1. The summed E-state index contributed by atoms with van der Waals surface area (Å²) in [5.41, 5.74) is 0.00268. The average molecular weight is 351 g/mol. The lowest BCUT2D eigenvalue weighted by atomic mass is 9.94. The number of pyridine rings is 1. The number of aromatic amines is 1. The summed E-state index contributed by atoms with van der Waals surface area (Å²) in [5.74, 6) is 0.683. The minimum absolute atomic E-state index is 0.0572. The Bertz CT molecular complexity index is 862. The molecule has 6 nitrogen and oxygen atoms in total. The number of nitrogens with zero attached hydrogens (tertiary/aromatic N) is 3. The Kier molecular flexibility index (Phi) is 2.68. The molecule has 4 heterocycles. The first-order chi connectivity index (χ1) is 10.0. The fourth-order valence-corrected chi connectivity index (χ4v) is 4.22. The Labute approximate surface area is 128 Å². The highest BCUT2D eigenvalue weighted by Gasteiger charge is 2.46. The van der Waals surface area contributed by atoms with Crippen molar-refractivity contribution in [3.63, 3.8) is 0 Å². The van der Waals surface area contributed by atoms with Gasteiger partial charge in [-0.2, -0.15) is 0 Å². The van der Waals surface area contributed by atoms with Gasteiger partial charge < -0.3 is 9.88 Å². The monoisotopic (exact) mass is 350 g/mol. The van der Waals surface area contributed by atoms with Crippen molar-refractivity contribution in [2.45, 2.75) is 25.3 Å². The van der Waals surface area contributed by atoms with Gasteiger partial charge in [0, 0.05) is 25.8 Å². The van der Waals surface area contributed by atoms with Crippen LogP contribution in [0.15, 0.2) is 20.3 Å². The van der Waals surface area contributed by atoms with Crippen LogP contribution in [-0.2, 0) is 5.54 Å². The van der Waals surface area contributed by atoms with Crippen molar-refractivity contribution in [3.8, 4) is 0 Å². The highest BCUT2D eigenvalue weighted by Crippen LogP contribution is 2.38. The molecule has 2 aromatic rings. The number of hydrogen-bond donors (Lipinski definition) is 1. The molecule has 4 rings (SSSR count). The maximum atomic E-state index is 12.9. The van der Waals surface area contributed by atoms with Crippen molar-refractivity contribution < 1.29 is 0 Å². The average Bonchev–Trinajstić information content (AvgIpc) is 3.04. The van der Waals surface area contributed by atoms with Crippen LogP contribution in [0.4, 0.5) is 0 Å². The van der Waals surface area contributed by atoms with Crippen molar-refractivity contribution in [2.24, 2.45) is 0 Å². The van der Waals surface area contributed by atoms with Crippen LogP contribution in [0.1, 0.15) is 18.7 Å². The van der Waals surface area contributed by atoms with E-state index in [2.05, 4.69) is 30.8 Å². The Morgan fingerprint density at radius 3 is 2.67 bits per heavy atom. The molecule has 0 unspecified atom stereocenters. The summed E-state index contributed by atoms with van der Waals surface area (Å²) in [6.07, 6.45) is 3.46. The van der Waals surface area contributed by atoms with Gasteiger partial charge in [-0.1, -0.05) is 0 Å². The summed E-state index contributed by atoms with van der Waals surface area (Å²) in [4.78, 5) is 34.1. The summed E-state index contributed by atoms with van der Waals surface area (Å²) in [6, 6.07) is 0.